The molecule has 0 bridgehead atoms. The van der Waals surface area contributed by atoms with E-state index < -0.39 is 5.97 Å². The summed E-state index contributed by atoms with van der Waals surface area (Å²) >= 11 is 0. The summed E-state index contributed by atoms with van der Waals surface area (Å²) in [6.45, 7) is 2.51. The van der Waals surface area contributed by atoms with Crippen LogP contribution in [0.1, 0.15) is 51.4 Å². The van der Waals surface area contributed by atoms with Crippen LogP contribution in [0.25, 0.3) is 0 Å². The van der Waals surface area contributed by atoms with Gasteiger partial charge in [-0.2, -0.15) is 0 Å². The average Bonchev–Trinajstić information content (AvgIpc) is 2.76. The smallest absolute Gasteiger partial charge is 0.306 e. The number of aliphatic carboxylic acids is 1. The third-order valence-corrected chi connectivity index (χ3v) is 5.26. The highest BCUT2D eigenvalue weighted by molar-refractivity contribution is 5.70. The first kappa shape index (κ1) is 11.5. The van der Waals surface area contributed by atoms with Gasteiger partial charge < -0.3 is 5.11 Å². The Balaban J connectivity index is 1.51. The van der Waals surface area contributed by atoms with Crippen LogP contribution < -0.4 is 0 Å². The fourth-order valence-electron chi connectivity index (χ4n) is 4.21. The molecule has 0 aromatic carbocycles. The van der Waals surface area contributed by atoms with Gasteiger partial charge in [0.05, 0.1) is 5.92 Å². The lowest BCUT2D eigenvalue weighted by Crippen LogP contribution is -2.59. The van der Waals surface area contributed by atoms with E-state index in [0.717, 1.165) is 19.3 Å². The van der Waals surface area contributed by atoms with E-state index in [2.05, 4.69) is 4.90 Å². The number of nitrogens with zero attached hydrogens (tertiary/aromatic N) is 1. The number of carboxylic acid groups (broad SMARTS) is 1. The predicted octanol–water partition coefficient (Wildman–Crippen LogP) is 2.51. The Morgan fingerprint density at radius 1 is 1.12 bits per heavy atom. The molecule has 1 spiro atoms. The predicted molar refractivity (Wildman–Crippen MR) is 65.9 cm³/mol. The first-order valence-corrected chi connectivity index (χ1v) is 7.15. The summed E-state index contributed by atoms with van der Waals surface area (Å²) < 4.78 is 0. The Morgan fingerprint density at radius 3 is 2.41 bits per heavy atom. The van der Waals surface area contributed by atoms with Gasteiger partial charge in [0.25, 0.3) is 0 Å². The van der Waals surface area contributed by atoms with Gasteiger partial charge in [-0.15, -0.1) is 0 Å². The van der Waals surface area contributed by atoms with E-state index in [-0.39, 0.29) is 5.92 Å². The fraction of sp³-hybridized carbons (Fsp3) is 0.929. The van der Waals surface area contributed by atoms with E-state index in [4.69, 9.17) is 5.11 Å². The van der Waals surface area contributed by atoms with E-state index in [9.17, 15) is 4.79 Å². The van der Waals surface area contributed by atoms with Gasteiger partial charge >= 0.3 is 5.97 Å². The molecule has 1 saturated heterocycles. The number of hydrogen-bond donors (Lipinski definition) is 1. The average molecular weight is 237 g/mol. The van der Waals surface area contributed by atoms with Crippen molar-refractivity contribution in [2.75, 3.05) is 13.1 Å². The molecule has 17 heavy (non-hydrogen) atoms. The fourth-order valence-corrected chi connectivity index (χ4v) is 4.21. The molecule has 0 aromatic rings. The Hall–Kier alpha value is -0.570. The summed E-state index contributed by atoms with van der Waals surface area (Å²) in [5.41, 5.74) is 0.638. The summed E-state index contributed by atoms with van der Waals surface area (Å²) in [4.78, 5) is 13.5. The second kappa shape index (κ2) is 4.27. The minimum atomic E-state index is -0.583. The monoisotopic (exact) mass is 237 g/mol. The van der Waals surface area contributed by atoms with Gasteiger partial charge in [-0.1, -0.05) is 19.3 Å². The van der Waals surface area contributed by atoms with Crippen LogP contribution in [-0.2, 0) is 4.79 Å². The maximum absolute atomic E-state index is 11.0. The van der Waals surface area contributed by atoms with Crippen LogP contribution >= 0.6 is 0 Å². The quantitative estimate of drug-likeness (QED) is 0.802. The first-order valence-electron chi connectivity index (χ1n) is 7.15. The number of likely N-dealkylation sites (tertiary alicyclic amines) is 1. The minimum absolute atomic E-state index is 0.0668. The van der Waals surface area contributed by atoms with Crippen LogP contribution in [0.2, 0.25) is 0 Å². The van der Waals surface area contributed by atoms with E-state index in [1.807, 2.05) is 0 Å². The highest BCUT2D eigenvalue weighted by Gasteiger charge is 2.47. The van der Waals surface area contributed by atoms with Crippen molar-refractivity contribution in [2.24, 2.45) is 11.3 Å². The lowest BCUT2D eigenvalue weighted by molar-refractivity contribution is -0.141. The van der Waals surface area contributed by atoms with Crippen molar-refractivity contribution in [1.82, 2.24) is 4.90 Å². The standard InChI is InChI=1S/C14H23NO2/c16-13(17)11-4-5-12(8-11)15-9-14(10-15)6-2-1-3-7-14/h11-12H,1-10H2,(H,16,17). The molecule has 2 unspecified atom stereocenters. The molecule has 2 saturated carbocycles. The van der Waals surface area contributed by atoms with Crippen LogP contribution in [0.4, 0.5) is 0 Å². The molecule has 3 nitrogen and oxygen atoms in total. The summed E-state index contributed by atoms with van der Waals surface area (Å²) in [7, 11) is 0. The zero-order chi connectivity index (χ0) is 11.9. The van der Waals surface area contributed by atoms with Gasteiger partial charge in [0.1, 0.15) is 0 Å². The maximum Gasteiger partial charge on any atom is 0.306 e. The van der Waals surface area contributed by atoms with Crippen molar-refractivity contribution in [2.45, 2.75) is 57.4 Å². The molecule has 3 aliphatic rings. The van der Waals surface area contributed by atoms with Crippen molar-refractivity contribution in [3.8, 4) is 0 Å². The van der Waals surface area contributed by atoms with Crippen molar-refractivity contribution < 1.29 is 9.90 Å². The first-order chi connectivity index (χ1) is 8.19. The number of carbonyl (C=O) groups is 1. The molecule has 0 amide bonds. The zero-order valence-corrected chi connectivity index (χ0v) is 10.5. The van der Waals surface area contributed by atoms with E-state index in [1.165, 1.54) is 45.2 Å². The molecule has 1 N–H and O–H groups in total. The third-order valence-electron chi connectivity index (χ3n) is 5.26. The van der Waals surface area contributed by atoms with Crippen LogP contribution in [-0.4, -0.2) is 35.1 Å². The molecule has 96 valence electrons. The van der Waals surface area contributed by atoms with Gasteiger partial charge in [0.2, 0.25) is 0 Å². The number of hydrogen-bond acceptors (Lipinski definition) is 2. The van der Waals surface area contributed by atoms with E-state index >= 15 is 0 Å². The zero-order valence-electron chi connectivity index (χ0n) is 10.5. The Bertz CT molecular complexity index is 301. The lowest BCUT2D eigenvalue weighted by atomic mass is 9.68. The highest BCUT2D eigenvalue weighted by atomic mass is 16.4. The number of carboxylic acids is 1. The Labute approximate surface area is 103 Å². The summed E-state index contributed by atoms with van der Waals surface area (Å²) in [6.07, 6.45) is 9.97. The minimum Gasteiger partial charge on any atom is -0.481 e. The molecular weight excluding hydrogens is 214 g/mol. The van der Waals surface area contributed by atoms with E-state index in [1.54, 1.807) is 0 Å². The molecule has 3 heteroatoms. The molecule has 2 atom stereocenters. The second-order valence-electron chi connectivity index (χ2n) is 6.47. The summed E-state index contributed by atoms with van der Waals surface area (Å²) in [5, 5.41) is 9.03. The lowest BCUT2D eigenvalue weighted by Gasteiger charge is -2.55. The maximum atomic E-state index is 11.0. The van der Waals surface area contributed by atoms with Crippen molar-refractivity contribution in [3.63, 3.8) is 0 Å². The summed E-state index contributed by atoms with van der Waals surface area (Å²) in [5.74, 6) is -0.650. The van der Waals surface area contributed by atoms with Crippen molar-refractivity contribution in [3.05, 3.63) is 0 Å². The molecule has 0 aromatic heterocycles. The second-order valence-corrected chi connectivity index (χ2v) is 6.47. The molecule has 2 aliphatic carbocycles. The molecule has 3 fully saturated rings. The third kappa shape index (κ3) is 2.10. The number of rotatable bonds is 2. The SMILES string of the molecule is O=C(O)C1CCC(N2CC3(CCCCC3)C2)C1. The normalized spacial score (nSPS) is 36.9. The van der Waals surface area contributed by atoms with Gasteiger partial charge in [-0.05, 0) is 37.5 Å². The Kier molecular flexibility index (Phi) is 2.89. The largest absolute Gasteiger partial charge is 0.481 e. The molecule has 1 aliphatic heterocycles. The topological polar surface area (TPSA) is 40.5 Å². The summed E-state index contributed by atoms with van der Waals surface area (Å²) in [6, 6.07) is 0.573. The van der Waals surface area contributed by atoms with Crippen molar-refractivity contribution >= 4 is 5.97 Å². The van der Waals surface area contributed by atoms with E-state index in [0.29, 0.717) is 11.5 Å². The van der Waals surface area contributed by atoms with Crippen LogP contribution in [0.3, 0.4) is 0 Å². The van der Waals surface area contributed by atoms with Crippen LogP contribution in [0.15, 0.2) is 0 Å². The van der Waals surface area contributed by atoms with Crippen molar-refractivity contribution in [1.29, 1.82) is 0 Å². The van der Waals surface area contributed by atoms with Gasteiger partial charge in [-0.25, -0.2) is 0 Å². The molecule has 3 rings (SSSR count). The highest BCUT2D eigenvalue weighted by Crippen LogP contribution is 2.46. The molecule has 1 heterocycles. The Morgan fingerprint density at radius 2 is 1.82 bits per heavy atom. The molecular formula is C14H23NO2. The molecule has 0 radical (unpaired) electrons. The van der Waals surface area contributed by atoms with Gasteiger partial charge in [0.15, 0.2) is 0 Å². The van der Waals surface area contributed by atoms with Gasteiger partial charge in [-0.3, -0.25) is 9.69 Å². The van der Waals surface area contributed by atoms with Crippen LogP contribution in [0.5, 0.6) is 0 Å². The van der Waals surface area contributed by atoms with Crippen LogP contribution in [0, 0.1) is 11.3 Å². The van der Waals surface area contributed by atoms with Gasteiger partial charge in [0, 0.05) is 19.1 Å².